The zero-order chi connectivity index (χ0) is 17.5. The maximum Gasteiger partial charge on any atom is 0.204 e. The molecule has 0 fully saturated rings. The molecule has 0 radical (unpaired) electrons. The molecule has 0 saturated heterocycles. The summed E-state index contributed by atoms with van der Waals surface area (Å²) < 4.78 is 13.3. The highest BCUT2D eigenvalue weighted by Crippen LogP contribution is 2.34. The zero-order valence-electron chi connectivity index (χ0n) is 14.3. The molecule has 2 aromatic heterocycles. The quantitative estimate of drug-likeness (QED) is 0.613. The molecule has 7 heteroatoms. The minimum atomic E-state index is 0.555. The fraction of sp³-hybridized carbons (Fsp3) is 0.211. The molecule has 0 atom stereocenters. The van der Waals surface area contributed by atoms with E-state index in [4.69, 9.17) is 14.5 Å². The average Bonchev–Trinajstić information content (AvgIpc) is 3.13. The third-order valence-corrected chi connectivity index (χ3v) is 4.42. The second-order valence-electron chi connectivity index (χ2n) is 6.06. The van der Waals surface area contributed by atoms with Gasteiger partial charge in [-0.3, -0.25) is 4.40 Å². The van der Waals surface area contributed by atoms with Gasteiger partial charge >= 0.3 is 0 Å². The van der Waals surface area contributed by atoms with Crippen molar-refractivity contribution < 1.29 is 9.47 Å². The van der Waals surface area contributed by atoms with Crippen LogP contribution in [0.1, 0.15) is 12.7 Å². The van der Waals surface area contributed by atoms with Crippen molar-refractivity contribution in [2.24, 2.45) is 0 Å². The number of hydrogen-bond acceptors (Lipinski definition) is 6. The van der Waals surface area contributed by atoms with Crippen molar-refractivity contribution in [2.75, 3.05) is 18.5 Å². The highest BCUT2D eigenvalue weighted by Gasteiger charge is 2.16. The summed E-state index contributed by atoms with van der Waals surface area (Å²) in [5, 5.41) is 12.0. The van der Waals surface area contributed by atoms with Crippen molar-refractivity contribution in [3.05, 3.63) is 48.3 Å². The smallest absolute Gasteiger partial charge is 0.204 e. The van der Waals surface area contributed by atoms with E-state index in [1.165, 1.54) is 0 Å². The van der Waals surface area contributed by atoms with Crippen LogP contribution in [0.5, 0.6) is 11.5 Å². The molecule has 0 amide bonds. The second kappa shape index (κ2) is 5.87. The lowest BCUT2D eigenvalue weighted by Gasteiger charge is -2.19. The number of rotatable bonds is 3. The van der Waals surface area contributed by atoms with E-state index in [9.17, 15) is 0 Å². The largest absolute Gasteiger partial charge is 0.486 e. The van der Waals surface area contributed by atoms with Crippen molar-refractivity contribution in [3.8, 4) is 11.5 Å². The van der Waals surface area contributed by atoms with Crippen LogP contribution in [0, 0.1) is 0 Å². The van der Waals surface area contributed by atoms with Gasteiger partial charge in [-0.2, -0.15) is 0 Å². The summed E-state index contributed by atoms with van der Waals surface area (Å²) in [7, 11) is 0. The summed E-state index contributed by atoms with van der Waals surface area (Å²) in [6.45, 7) is 3.20. The molecule has 2 aromatic carbocycles. The molecule has 0 saturated carbocycles. The van der Waals surface area contributed by atoms with Gasteiger partial charge in [-0.1, -0.05) is 19.1 Å². The minimum Gasteiger partial charge on any atom is -0.486 e. The topological polar surface area (TPSA) is 73.6 Å². The van der Waals surface area contributed by atoms with E-state index in [2.05, 4.69) is 26.8 Å². The van der Waals surface area contributed by atoms with Crippen molar-refractivity contribution in [3.63, 3.8) is 0 Å². The molecule has 0 spiro atoms. The molecule has 0 bridgehead atoms. The highest BCUT2D eigenvalue weighted by atomic mass is 16.6. The third-order valence-electron chi connectivity index (χ3n) is 4.42. The van der Waals surface area contributed by atoms with Crippen LogP contribution in [0.4, 0.5) is 11.5 Å². The Labute approximate surface area is 149 Å². The molecule has 26 heavy (non-hydrogen) atoms. The second-order valence-corrected chi connectivity index (χ2v) is 6.06. The first-order chi connectivity index (χ1) is 12.8. The zero-order valence-corrected chi connectivity index (χ0v) is 14.3. The normalized spacial score (nSPS) is 13.3. The van der Waals surface area contributed by atoms with Crippen LogP contribution < -0.4 is 14.8 Å². The number of aromatic nitrogens is 4. The van der Waals surface area contributed by atoms with Gasteiger partial charge in [0.1, 0.15) is 19.0 Å². The van der Waals surface area contributed by atoms with E-state index in [1.807, 2.05) is 42.5 Å². The lowest BCUT2D eigenvalue weighted by Crippen LogP contribution is -2.15. The Morgan fingerprint density at radius 1 is 1.04 bits per heavy atom. The van der Waals surface area contributed by atoms with Crippen LogP contribution in [0.25, 0.3) is 16.7 Å². The maximum atomic E-state index is 5.66. The van der Waals surface area contributed by atoms with Gasteiger partial charge in [0.05, 0.1) is 11.0 Å². The van der Waals surface area contributed by atoms with Crippen molar-refractivity contribution in [1.29, 1.82) is 0 Å². The van der Waals surface area contributed by atoms with Crippen LogP contribution in [0.3, 0.4) is 0 Å². The molecule has 130 valence electrons. The van der Waals surface area contributed by atoms with Gasteiger partial charge in [0.2, 0.25) is 5.65 Å². The van der Waals surface area contributed by atoms with Crippen LogP contribution in [-0.2, 0) is 6.42 Å². The van der Waals surface area contributed by atoms with Gasteiger partial charge < -0.3 is 14.8 Å². The summed E-state index contributed by atoms with van der Waals surface area (Å²) in [6, 6.07) is 13.8. The molecule has 0 aliphatic carbocycles. The number of ether oxygens (including phenoxy) is 2. The minimum absolute atomic E-state index is 0.555. The third kappa shape index (κ3) is 2.32. The van der Waals surface area contributed by atoms with Crippen LogP contribution in [0.2, 0.25) is 0 Å². The summed E-state index contributed by atoms with van der Waals surface area (Å²) in [4.78, 5) is 4.75. The van der Waals surface area contributed by atoms with Gasteiger partial charge in [0, 0.05) is 18.2 Å². The first kappa shape index (κ1) is 14.9. The Bertz CT molecular complexity index is 1120. The Morgan fingerprint density at radius 2 is 1.88 bits per heavy atom. The number of fused-ring (bicyclic) bond motifs is 4. The van der Waals surface area contributed by atoms with E-state index < -0.39 is 0 Å². The van der Waals surface area contributed by atoms with E-state index in [-0.39, 0.29) is 0 Å². The molecule has 4 aromatic rings. The number of nitrogens with zero attached hydrogens (tertiary/aromatic N) is 4. The van der Waals surface area contributed by atoms with Crippen molar-refractivity contribution in [1.82, 2.24) is 19.6 Å². The predicted molar refractivity (Wildman–Crippen MR) is 98.4 cm³/mol. The number of aryl methyl sites for hydroxylation is 1. The predicted octanol–water partition coefficient (Wildman–Crippen LogP) is 3.35. The standard InChI is InChI=1S/C19H17N5O2/c1-2-17-22-23-19-18(21-13-5-3-4-6-14(13)24(17)19)20-12-7-8-15-16(11-12)26-10-9-25-15/h3-8,11H,2,9-10H2,1H3,(H,20,21). The van der Waals surface area contributed by atoms with Gasteiger partial charge in [0.15, 0.2) is 17.3 Å². The van der Waals surface area contributed by atoms with E-state index in [1.54, 1.807) is 0 Å². The summed E-state index contributed by atoms with van der Waals surface area (Å²) in [5.41, 5.74) is 3.45. The highest BCUT2D eigenvalue weighted by molar-refractivity contribution is 5.84. The van der Waals surface area contributed by atoms with Crippen molar-refractivity contribution in [2.45, 2.75) is 13.3 Å². The molecular weight excluding hydrogens is 330 g/mol. The number of benzene rings is 2. The lowest BCUT2D eigenvalue weighted by atomic mass is 10.2. The summed E-state index contributed by atoms with van der Waals surface area (Å²) >= 11 is 0. The van der Waals surface area contributed by atoms with Gasteiger partial charge in [0.25, 0.3) is 0 Å². The Hall–Kier alpha value is -3.35. The number of hydrogen-bond donors (Lipinski definition) is 1. The molecule has 3 heterocycles. The van der Waals surface area contributed by atoms with Gasteiger partial charge in [-0.05, 0) is 24.3 Å². The Morgan fingerprint density at radius 3 is 2.77 bits per heavy atom. The average molecular weight is 347 g/mol. The molecule has 1 N–H and O–H groups in total. The fourth-order valence-corrected chi connectivity index (χ4v) is 3.21. The van der Waals surface area contributed by atoms with E-state index >= 15 is 0 Å². The van der Waals surface area contributed by atoms with Crippen molar-refractivity contribution >= 4 is 28.2 Å². The Kier molecular flexibility index (Phi) is 3.38. The maximum absolute atomic E-state index is 5.66. The van der Waals surface area contributed by atoms with E-state index in [0.29, 0.717) is 24.7 Å². The molecule has 0 unspecified atom stereocenters. The molecule has 7 nitrogen and oxygen atoms in total. The van der Waals surface area contributed by atoms with Crippen LogP contribution in [-0.4, -0.2) is 32.8 Å². The van der Waals surface area contributed by atoms with Crippen LogP contribution >= 0.6 is 0 Å². The summed E-state index contributed by atoms with van der Waals surface area (Å²) in [5.74, 6) is 3.05. The molecule has 1 aliphatic rings. The number of para-hydroxylation sites is 2. The SMILES string of the molecule is CCc1nnc2c(Nc3ccc4c(c3)OCCO4)nc3ccccc3n12. The summed E-state index contributed by atoms with van der Waals surface area (Å²) in [6.07, 6.45) is 0.790. The molecular formula is C19H17N5O2. The first-order valence-electron chi connectivity index (χ1n) is 8.63. The molecule has 1 aliphatic heterocycles. The first-order valence-corrected chi connectivity index (χ1v) is 8.63. The molecule has 5 rings (SSSR count). The van der Waals surface area contributed by atoms with Gasteiger partial charge in [-0.15, -0.1) is 10.2 Å². The number of anilines is 2. The fourth-order valence-electron chi connectivity index (χ4n) is 3.21. The Balaban J connectivity index is 1.65. The van der Waals surface area contributed by atoms with E-state index in [0.717, 1.165) is 40.5 Å². The number of nitrogens with one attached hydrogen (secondary N) is 1. The monoisotopic (exact) mass is 347 g/mol. The lowest BCUT2D eigenvalue weighted by molar-refractivity contribution is 0.171. The van der Waals surface area contributed by atoms with Gasteiger partial charge in [-0.25, -0.2) is 4.98 Å². The van der Waals surface area contributed by atoms with Crippen LogP contribution in [0.15, 0.2) is 42.5 Å².